The summed E-state index contributed by atoms with van der Waals surface area (Å²) in [6.07, 6.45) is 0. The summed E-state index contributed by atoms with van der Waals surface area (Å²) in [5.74, 6) is 0. The number of rotatable bonds is 1. The molecule has 72 valence electrons. The van der Waals surface area contributed by atoms with Gasteiger partial charge >= 0.3 is 0 Å². The minimum absolute atomic E-state index is 0.925. The van der Waals surface area contributed by atoms with Gasteiger partial charge in [0.15, 0.2) is 0 Å². The third-order valence-corrected chi connectivity index (χ3v) is 2.70. The van der Waals surface area contributed by atoms with E-state index in [2.05, 4.69) is 10.1 Å². The van der Waals surface area contributed by atoms with Crippen LogP contribution in [-0.4, -0.2) is 9.78 Å². The van der Waals surface area contributed by atoms with E-state index in [-0.39, 0.29) is 0 Å². The normalized spacial score (nSPS) is 12.0. The van der Waals surface area contributed by atoms with Gasteiger partial charge in [-0.15, -0.1) is 0 Å². The predicted octanol–water partition coefficient (Wildman–Crippen LogP) is 2.02. The lowest BCUT2D eigenvalue weighted by Crippen LogP contribution is -2.10. The Balaban J connectivity index is 2.50. The first-order valence-corrected chi connectivity index (χ1v) is 5.18. The number of nitrogens with zero attached hydrogens (tertiary/aromatic N) is 3. The number of hydrogen-bond acceptors (Lipinski definition) is 3. The highest BCUT2D eigenvalue weighted by Gasteiger charge is 1.95. The molecule has 0 bridgehead atoms. The third kappa shape index (κ3) is 1.90. The smallest absolute Gasteiger partial charge is 0.207 e. The highest BCUT2D eigenvalue weighted by Crippen LogP contribution is 2.08. The van der Waals surface area contributed by atoms with Crippen LogP contribution in [0.5, 0.6) is 0 Å². The number of aryl methyl sites for hydroxylation is 2. The molecule has 0 aliphatic carbocycles. The molecule has 0 radical (unpaired) electrons. The SMILES string of the molecule is Cc1nn(C)c(=Nc2ccccc2)s1. The maximum Gasteiger partial charge on any atom is 0.207 e. The van der Waals surface area contributed by atoms with Crippen LogP contribution in [0.15, 0.2) is 35.3 Å². The first-order chi connectivity index (χ1) is 6.75. The molecule has 1 aromatic carbocycles. The Morgan fingerprint density at radius 3 is 2.57 bits per heavy atom. The molecule has 0 unspecified atom stereocenters. The van der Waals surface area contributed by atoms with Crippen molar-refractivity contribution in [1.82, 2.24) is 9.78 Å². The average Bonchev–Trinajstić information content (AvgIpc) is 2.47. The fraction of sp³-hybridized carbons (Fsp3) is 0.200. The van der Waals surface area contributed by atoms with Crippen molar-refractivity contribution in [3.8, 4) is 0 Å². The molecule has 0 aliphatic heterocycles. The van der Waals surface area contributed by atoms with E-state index in [0.717, 1.165) is 15.5 Å². The van der Waals surface area contributed by atoms with E-state index >= 15 is 0 Å². The predicted molar refractivity (Wildman–Crippen MR) is 57.5 cm³/mol. The molecule has 0 atom stereocenters. The zero-order valence-electron chi connectivity index (χ0n) is 8.14. The Morgan fingerprint density at radius 1 is 1.29 bits per heavy atom. The number of para-hydroxylation sites is 1. The van der Waals surface area contributed by atoms with Crippen LogP contribution in [-0.2, 0) is 7.05 Å². The van der Waals surface area contributed by atoms with Gasteiger partial charge in [0, 0.05) is 7.05 Å². The minimum Gasteiger partial charge on any atom is -0.241 e. The Hall–Kier alpha value is -1.42. The van der Waals surface area contributed by atoms with Gasteiger partial charge in [-0.25, -0.2) is 9.67 Å². The summed E-state index contributed by atoms with van der Waals surface area (Å²) in [6.45, 7) is 1.98. The number of hydrogen-bond donors (Lipinski definition) is 0. The lowest BCUT2D eigenvalue weighted by molar-refractivity contribution is 0.720. The molecule has 3 nitrogen and oxygen atoms in total. The molecule has 1 aromatic heterocycles. The van der Waals surface area contributed by atoms with Crippen molar-refractivity contribution in [2.45, 2.75) is 6.92 Å². The Bertz CT molecular complexity index is 482. The van der Waals surface area contributed by atoms with Gasteiger partial charge in [-0.05, 0) is 19.1 Å². The van der Waals surface area contributed by atoms with Crippen molar-refractivity contribution < 1.29 is 0 Å². The van der Waals surface area contributed by atoms with Gasteiger partial charge in [-0.1, -0.05) is 29.5 Å². The van der Waals surface area contributed by atoms with E-state index in [1.54, 1.807) is 16.0 Å². The highest BCUT2D eigenvalue weighted by molar-refractivity contribution is 7.08. The van der Waals surface area contributed by atoms with Crippen LogP contribution >= 0.6 is 11.3 Å². The fourth-order valence-electron chi connectivity index (χ4n) is 1.18. The van der Waals surface area contributed by atoms with E-state index in [1.807, 2.05) is 44.3 Å². The van der Waals surface area contributed by atoms with Crippen molar-refractivity contribution in [3.05, 3.63) is 40.1 Å². The summed E-state index contributed by atoms with van der Waals surface area (Å²) < 4.78 is 1.80. The zero-order valence-corrected chi connectivity index (χ0v) is 8.95. The molecule has 0 amide bonds. The van der Waals surface area contributed by atoms with Crippen LogP contribution in [0.4, 0.5) is 5.69 Å². The Morgan fingerprint density at radius 2 is 2.00 bits per heavy atom. The number of aromatic nitrogens is 2. The van der Waals surface area contributed by atoms with Gasteiger partial charge < -0.3 is 0 Å². The average molecular weight is 205 g/mol. The molecule has 0 saturated heterocycles. The summed E-state index contributed by atoms with van der Waals surface area (Å²) in [7, 11) is 1.91. The first kappa shape index (κ1) is 9.15. The molecule has 0 aliphatic rings. The molecule has 2 rings (SSSR count). The standard InChI is InChI=1S/C10H11N3S/c1-8-12-13(2)10(14-8)11-9-6-4-3-5-7-9/h3-7H,1-2H3. The Kier molecular flexibility index (Phi) is 2.45. The Labute approximate surface area is 86.4 Å². The van der Waals surface area contributed by atoms with E-state index in [9.17, 15) is 0 Å². The van der Waals surface area contributed by atoms with Crippen molar-refractivity contribution in [1.29, 1.82) is 0 Å². The van der Waals surface area contributed by atoms with Gasteiger partial charge in [-0.3, -0.25) is 0 Å². The summed E-state index contributed by atoms with van der Waals surface area (Å²) in [4.78, 5) is 5.41. The zero-order chi connectivity index (χ0) is 9.97. The molecule has 2 aromatic rings. The maximum atomic E-state index is 4.48. The van der Waals surface area contributed by atoms with E-state index < -0.39 is 0 Å². The van der Waals surface area contributed by atoms with Gasteiger partial charge in [0.2, 0.25) is 4.80 Å². The molecular weight excluding hydrogens is 194 g/mol. The third-order valence-electron chi connectivity index (χ3n) is 1.79. The van der Waals surface area contributed by atoms with Crippen molar-refractivity contribution in [2.75, 3.05) is 0 Å². The van der Waals surface area contributed by atoms with E-state index in [4.69, 9.17) is 0 Å². The van der Waals surface area contributed by atoms with Gasteiger partial charge in [0.25, 0.3) is 0 Å². The summed E-state index contributed by atoms with van der Waals surface area (Å²) in [5, 5.41) is 5.28. The van der Waals surface area contributed by atoms with Crippen LogP contribution in [0.3, 0.4) is 0 Å². The summed E-state index contributed by atoms with van der Waals surface area (Å²) >= 11 is 1.59. The van der Waals surface area contributed by atoms with Crippen LogP contribution in [0, 0.1) is 6.92 Å². The van der Waals surface area contributed by atoms with Crippen LogP contribution in [0.1, 0.15) is 5.01 Å². The monoisotopic (exact) mass is 205 g/mol. The maximum absolute atomic E-state index is 4.48. The quantitative estimate of drug-likeness (QED) is 0.700. The number of benzene rings is 1. The lowest BCUT2D eigenvalue weighted by atomic mass is 10.3. The molecule has 0 saturated carbocycles. The molecule has 0 spiro atoms. The summed E-state index contributed by atoms with van der Waals surface area (Å²) in [5.41, 5.74) is 0.965. The van der Waals surface area contributed by atoms with E-state index in [1.165, 1.54) is 0 Å². The second-order valence-electron chi connectivity index (χ2n) is 2.97. The minimum atomic E-state index is 0.925. The van der Waals surface area contributed by atoms with Gasteiger partial charge in [-0.2, -0.15) is 5.10 Å². The molecule has 14 heavy (non-hydrogen) atoms. The second-order valence-corrected chi connectivity index (χ2v) is 4.13. The second kappa shape index (κ2) is 3.75. The van der Waals surface area contributed by atoms with Crippen molar-refractivity contribution in [3.63, 3.8) is 0 Å². The largest absolute Gasteiger partial charge is 0.241 e. The molecule has 1 heterocycles. The van der Waals surface area contributed by atoms with Crippen LogP contribution < -0.4 is 4.80 Å². The van der Waals surface area contributed by atoms with Crippen molar-refractivity contribution in [2.24, 2.45) is 12.0 Å². The van der Waals surface area contributed by atoms with Crippen LogP contribution in [0.2, 0.25) is 0 Å². The van der Waals surface area contributed by atoms with E-state index in [0.29, 0.717) is 0 Å². The first-order valence-electron chi connectivity index (χ1n) is 4.36. The topological polar surface area (TPSA) is 30.2 Å². The fourth-order valence-corrected chi connectivity index (χ4v) is 1.93. The van der Waals surface area contributed by atoms with Crippen molar-refractivity contribution >= 4 is 17.0 Å². The molecular formula is C10H11N3S. The molecule has 0 N–H and O–H groups in total. The lowest BCUT2D eigenvalue weighted by Gasteiger charge is -1.90. The van der Waals surface area contributed by atoms with Crippen LogP contribution in [0.25, 0.3) is 0 Å². The molecule has 0 fully saturated rings. The van der Waals surface area contributed by atoms with Gasteiger partial charge in [0.1, 0.15) is 5.01 Å². The highest BCUT2D eigenvalue weighted by atomic mass is 32.1. The van der Waals surface area contributed by atoms with Gasteiger partial charge in [0.05, 0.1) is 5.69 Å². The molecule has 4 heteroatoms. The summed E-state index contributed by atoms with van der Waals surface area (Å²) in [6, 6.07) is 9.90.